The van der Waals surface area contributed by atoms with Crippen LogP contribution in [0.5, 0.6) is 11.5 Å². The second-order valence-electron chi connectivity index (χ2n) is 10.4. The Hall–Kier alpha value is -3.28. The normalized spacial score (nSPS) is 13.7. The molecule has 244 valence electrons. The van der Waals surface area contributed by atoms with Gasteiger partial charge in [-0.25, -0.2) is 4.79 Å². The number of carbonyl (C=O) groups excluding carboxylic acids is 3. The fraction of sp³-hybridized carbons (Fsp3) is 0.625. The van der Waals surface area contributed by atoms with Gasteiger partial charge in [-0.3, -0.25) is 14.5 Å². The number of benzene rings is 1. The molecule has 1 fully saturated rings. The summed E-state index contributed by atoms with van der Waals surface area (Å²) in [4.78, 5) is 38.9. The fourth-order valence-electron chi connectivity index (χ4n) is 3.74. The molecule has 0 saturated carbocycles. The summed E-state index contributed by atoms with van der Waals surface area (Å²) >= 11 is 0. The van der Waals surface area contributed by atoms with Crippen molar-refractivity contribution in [3.05, 3.63) is 34.9 Å². The Morgan fingerprint density at radius 2 is 1.58 bits per heavy atom. The van der Waals surface area contributed by atoms with Gasteiger partial charge in [0.05, 0.1) is 25.2 Å². The summed E-state index contributed by atoms with van der Waals surface area (Å²) in [6.45, 7) is 18.1. The van der Waals surface area contributed by atoms with Gasteiger partial charge in [-0.2, -0.15) is 0 Å². The van der Waals surface area contributed by atoms with Gasteiger partial charge in [0.25, 0.3) is 0 Å². The largest absolute Gasteiger partial charge is 0.504 e. The van der Waals surface area contributed by atoms with Crippen LogP contribution in [0, 0.1) is 18.3 Å². The zero-order chi connectivity index (χ0) is 32.8. The molecular formula is C32H53N3O8. The maximum absolute atomic E-state index is 11.4. The van der Waals surface area contributed by atoms with E-state index in [-0.39, 0.29) is 54.8 Å². The summed E-state index contributed by atoms with van der Waals surface area (Å²) in [5.74, 6) is -1.06. The minimum absolute atomic E-state index is 0.0136. The van der Waals surface area contributed by atoms with Crippen LogP contribution >= 0.6 is 0 Å². The maximum Gasteiger partial charge on any atom is 0.339 e. The van der Waals surface area contributed by atoms with E-state index in [0.717, 1.165) is 63.0 Å². The summed E-state index contributed by atoms with van der Waals surface area (Å²) in [5.41, 5.74) is 2.06. The number of nitrogens with zero attached hydrogens (tertiary/aromatic N) is 2. The Kier molecular flexibility index (Phi) is 21.4. The number of phenols is 2. The number of nitrogens with one attached hydrogen (secondary N) is 1. The molecule has 4 N–H and O–H groups in total. The molecule has 2 rings (SSSR count). The van der Waals surface area contributed by atoms with Crippen LogP contribution in [0.25, 0.3) is 0 Å². The molecule has 0 bridgehead atoms. The molecule has 11 nitrogen and oxygen atoms in total. The first-order chi connectivity index (χ1) is 20.4. The molecule has 0 aliphatic carbocycles. The number of Topliss-reactive ketones (excluding diaryl/α,β-unsaturated/α-hetero) is 1. The van der Waals surface area contributed by atoms with E-state index in [1.54, 1.807) is 26.8 Å². The van der Waals surface area contributed by atoms with Crippen LogP contribution < -0.4 is 0 Å². The molecule has 0 unspecified atom stereocenters. The van der Waals surface area contributed by atoms with Crippen LogP contribution in [0.15, 0.2) is 23.8 Å². The monoisotopic (exact) mass is 607 g/mol. The first-order valence-corrected chi connectivity index (χ1v) is 15.0. The van der Waals surface area contributed by atoms with E-state index < -0.39 is 11.9 Å². The van der Waals surface area contributed by atoms with Crippen LogP contribution in [0.2, 0.25) is 0 Å². The smallest absolute Gasteiger partial charge is 0.339 e. The third-order valence-electron chi connectivity index (χ3n) is 6.76. The first kappa shape index (κ1) is 39.7. The number of aliphatic hydroxyl groups is 1. The number of allylic oxidation sites excluding steroid dienone is 1. The average Bonchev–Trinajstić information content (AvgIpc) is 3.01. The lowest BCUT2D eigenvalue weighted by atomic mass is 10.1. The lowest BCUT2D eigenvalue weighted by Gasteiger charge is -2.34. The molecule has 1 aromatic rings. The van der Waals surface area contributed by atoms with Crippen molar-refractivity contribution in [1.29, 1.82) is 5.41 Å². The minimum Gasteiger partial charge on any atom is -0.504 e. The topological polar surface area (TPSA) is 161 Å². The molecule has 0 radical (unpaired) electrons. The SMILES string of the molecule is C/C=C(\C=N)C(=O)OCCCOC(=O)CCC(=O)C(C)C.CCCO.CCN1CCN(Cc2ccc(O)c(O)c2C)CC1. The number of hydrogen-bond acceptors (Lipinski definition) is 11. The van der Waals surface area contributed by atoms with Crippen molar-refractivity contribution in [2.45, 2.75) is 73.8 Å². The molecule has 43 heavy (non-hydrogen) atoms. The molecule has 1 heterocycles. The number of piperazine rings is 1. The first-order valence-electron chi connectivity index (χ1n) is 15.0. The van der Waals surface area contributed by atoms with Crippen molar-refractivity contribution in [3.8, 4) is 11.5 Å². The zero-order valence-corrected chi connectivity index (χ0v) is 26.9. The van der Waals surface area contributed by atoms with E-state index in [1.165, 1.54) is 6.08 Å². The molecule has 0 atom stereocenters. The minimum atomic E-state index is -0.568. The van der Waals surface area contributed by atoms with Gasteiger partial charge < -0.3 is 35.1 Å². The molecular weight excluding hydrogens is 554 g/mol. The van der Waals surface area contributed by atoms with E-state index in [0.29, 0.717) is 13.0 Å². The highest BCUT2D eigenvalue weighted by atomic mass is 16.5. The standard InChI is InChI=1S/C15H23NO5.C14H22N2O2.C3H8O/c1-4-12(10-16)15(19)21-9-5-8-20-14(18)7-6-13(17)11(2)3;1-3-15-6-8-16(9-7-15)10-12-4-5-13(17)14(18)11(12)2;1-2-3-4/h4,10-11,16H,5-9H2,1-3H3;4-5,17-18H,3,6-10H2,1-2H3;4H,2-3H2,1H3/b12-4+,16-10?;;. The number of ether oxygens (including phenoxy) is 2. The number of phenolic OH excluding ortho intramolecular Hbond substituents is 2. The highest BCUT2D eigenvalue weighted by Gasteiger charge is 2.17. The molecule has 0 aromatic heterocycles. The van der Waals surface area contributed by atoms with E-state index in [9.17, 15) is 24.6 Å². The van der Waals surface area contributed by atoms with Crippen molar-refractivity contribution in [2.24, 2.45) is 5.92 Å². The molecule has 0 spiro atoms. The van der Waals surface area contributed by atoms with Gasteiger partial charge in [-0.15, -0.1) is 0 Å². The number of rotatable bonds is 14. The molecule has 1 aliphatic rings. The van der Waals surface area contributed by atoms with E-state index in [2.05, 4.69) is 16.7 Å². The fourth-order valence-corrected chi connectivity index (χ4v) is 3.74. The second-order valence-corrected chi connectivity index (χ2v) is 10.4. The Morgan fingerprint density at radius 1 is 1.00 bits per heavy atom. The summed E-state index contributed by atoms with van der Waals surface area (Å²) in [7, 11) is 0. The van der Waals surface area contributed by atoms with Crippen molar-refractivity contribution < 1.29 is 39.2 Å². The molecule has 1 aromatic carbocycles. The van der Waals surface area contributed by atoms with Crippen molar-refractivity contribution in [1.82, 2.24) is 9.80 Å². The van der Waals surface area contributed by atoms with Crippen LogP contribution in [0.3, 0.4) is 0 Å². The average molecular weight is 608 g/mol. The Bertz CT molecular complexity index is 1020. The predicted octanol–water partition coefficient (Wildman–Crippen LogP) is 4.00. The van der Waals surface area contributed by atoms with Crippen LogP contribution in [0.4, 0.5) is 0 Å². The number of aromatic hydroxyl groups is 2. The van der Waals surface area contributed by atoms with Gasteiger partial charge in [0.15, 0.2) is 11.5 Å². The van der Waals surface area contributed by atoms with Gasteiger partial charge in [0.2, 0.25) is 0 Å². The summed E-state index contributed by atoms with van der Waals surface area (Å²) in [6.07, 6.45) is 3.93. The Labute approximate surface area is 257 Å². The van der Waals surface area contributed by atoms with Gasteiger partial charge in [0, 0.05) is 64.3 Å². The lowest BCUT2D eigenvalue weighted by Crippen LogP contribution is -2.45. The third-order valence-corrected chi connectivity index (χ3v) is 6.76. The summed E-state index contributed by atoms with van der Waals surface area (Å²) in [5, 5.41) is 34.0. The van der Waals surface area contributed by atoms with Crippen molar-refractivity contribution >= 4 is 23.9 Å². The third kappa shape index (κ3) is 16.8. The number of likely N-dealkylation sites (N-methyl/N-ethyl adjacent to an activating group) is 1. The molecule has 1 saturated heterocycles. The van der Waals surface area contributed by atoms with Gasteiger partial charge in [0.1, 0.15) is 5.78 Å². The van der Waals surface area contributed by atoms with Crippen LogP contribution in [-0.4, -0.2) is 102 Å². The Balaban J connectivity index is 0.000000733. The van der Waals surface area contributed by atoms with Gasteiger partial charge in [-0.1, -0.05) is 39.8 Å². The van der Waals surface area contributed by atoms with E-state index >= 15 is 0 Å². The number of carbonyl (C=O) groups is 3. The predicted molar refractivity (Wildman–Crippen MR) is 167 cm³/mol. The number of aliphatic hydroxyl groups excluding tert-OH is 1. The highest BCUT2D eigenvalue weighted by molar-refractivity contribution is 6.08. The van der Waals surface area contributed by atoms with Crippen LogP contribution in [-0.2, 0) is 30.4 Å². The maximum atomic E-state index is 11.4. The molecule has 11 heteroatoms. The quantitative estimate of drug-likeness (QED) is 0.0800. The lowest BCUT2D eigenvalue weighted by molar-refractivity contribution is -0.146. The van der Waals surface area contributed by atoms with E-state index in [4.69, 9.17) is 20.0 Å². The van der Waals surface area contributed by atoms with Gasteiger partial charge in [-0.05, 0) is 44.0 Å². The number of hydrogen-bond donors (Lipinski definition) is 4. The number of ketones is 1. The van der Waals surface area contributed by atoms with E-state index in [1.807, 2.05) is 19.9 Å². The summed E-state index contributed by atoms with van der Waals surface area (Å²) in [6, 6.07) is 3.47. The molecule has 1 aliphatic heterocycles. The Morgan fingerprint density at radius 3 is 2.09 bits per heavy atom. The van der Waals surface area contributed by atoms with Crippen molar-refractivity contribution in [3.63, 3.8) is 0 Å². The zero-order valence-electron chi connectivity index (χ0n) is 26.9. The van der Waals surface area contributed by atoms with Gasteiger partial charge >= 0.3 is 11.9 Å². The number of esters is 2. The summed E-state index contributed by atoms with van der Waals surface area (Å²) < 4.78 is 9.82. The van der Waals surface area contributed by atoms with Crippen LogP contribution in [0.1, 0.15) is 71.4 Å². The molecule has 0 amide bonds. The highest BCUT2D eigenvalue weighted by Crippen LogP contribution is 2.31. The van der Waals surface area contributed by atoms with Crippen molar-refractivity contribution in [2.75, 3.05) is 52.5 Å². The second kappa shape index (κ2) is 23.2.